The van der Waals surface area contributed by atoms with Gasteiger partial charge in [-0.2, -0.15) is 0 Å². The summed E-state index contributed by atoms with van der Waals surface area (Å²) in [6.45, 7) is 1.05. The van der Waals surface area contributed by atoms with Gasteiger partial charge in [0.1, 0.15) is 4.88 Å². The number of hydrogen-bond acceptors (Lipinski definition) is 4. The summed E-state index contributed by atoms with van der Waals surface area (Å²) in [4.78, 5) is 15.9. The van der Waals surface area contributed by atoms with E-state index in [1.165, 1.54) is 0 Å². The molecule has 1 aromatic carbocycles. The van der Waals surface area contributed by atoms with Gasteiger partial charge in [0.05, 0.1) is 5.69 Å². The molecule has 2 aromatic rings. The molecule has 3 N–H and O–H groups in total. The van der Waals surface area contributed by atoms with E-state index in [2.05, 4.69) is 10.3 Å². The van der Waals surface area contributed by atoms with Gasteiger partial charge in [0, 0.05) is 12.1 Å². The molecule has 4 nitrogen and oxygen atoms in total. The van der Waals surface area contributed by atoms with Crippen molar-refractivity contribution in [3.63, 3.8) is 0 Å². The number of carbonyl (C=O) groups is 1. The fourth-order valence-corrected chi connectivity index (χ4v) is 2.38. The summed E-state index contributed by atoms with van der Waals surface area (Å²) in [5.74, 6) is -7.51. The molecule has 21 heavy (non-hydrogen) atoms. The number of aromatic nitrogens is 1. The van der Waals surface area contributed by atoms with Gasteiger partial charge >= 0.3 is 0 Å². The van der Waals surface area contributed by atoms with Crippen LogP contribution in [0.1, 0.15) is 20.9 Å². The summed E-state index contributed by atoms with van der Waals surface area (Å²) in [6.07, 6.45) is 0. The van der Waals surface area contributed by atoms with Gasteiger partial charge in [-0.1, -0.05) is 11.3 Å². The van der Waals surface area contributed by atoms with Crippen LogP contribution < -0.4 is 11.1 Å². The number of aryl methyl sites for hydroxylation is 1. The van der Waals surface area contributed by atoms with E-state index in [4.69, 9.17) is 5.73 Å². The van der Waals surface area contributed by atoms with Crippen LogP contribution in [0, 0.1) is 30.2 Å². The molecule has 112 valence electrons. The fraction of sp³-hybridized carbons (Fsp3) is 0.167. The Kier molecular flexibility index (Phi) is 4.12. The zero-order valence-electron chi connectivity index (χ0n) is 10.6. The van der Waals surface area contributed by atoms with Crippen molar-refractivity contribution < 1.29 is 22.4 Å². The van der Waals surface area contributed by atoms with Crippen molar-refractivity contribution in [1.82, 2.24) is 10.3 Å². The van der Waals surface area contributed by atoms with Crippen LogP contribution in [-0.2, 0) is 6.54 Å². The maximum atomic E-state index is 13.4. The fourth-order valence-electron chi connectivity index (χ4n) is 1.63. The van der Waals surface area contributed by atoms with Crippen LogP contribution in [-0.4, -0.2) is 10.9 Å². The largest absolute Gasteiger partial charge is 0.375 e. The topological polar surface area (TPSA) is 68.0 Å². The van der Waals surface area contributed by atoms with E-state index in [1.807, 2.05) is 0 Å². The first-order valence-electron chi connectivity index (χ1n) is 5.64. The zero-order chi connectivity index (χ0) is 15.7. The number of nitrogens with two attached hydrogens (primary N) is 1. The molecule has 9 heteroatoms. The molecule has 0 aliphatic heterocycles. The predicted octanol–water partition coefficient (Wildman–Crippen LogP) is 2.52. The maximum Gasteiger partial charge on any atom is 0.263 e. The Hall–Kier alpha value is -2.16. The highest BCUT2D eigenvalue weighted by molar-refractivity contribution is 7.17. The van der Waals surface area contributed by atoms with Crippen molar-refractivity contribution in [2.75, 3.05) is 5.73 Å². The standard InChI is InChI=1S/C12H9F4N3OS/c1-4-10(21-12(17)19-4)11(20)18-3-5-2-6(13)8(15)9(16)7(5)14/h2H,3H2,1H3,(H2,17,19)(H,18,20). The summed E-state index contributed by atoms with van der Waals surface area (Å²) in [5.41, 5.74) is 5.31. The first-order valence-corrected chi connectivity index (χ1v) is 6.46. The van der Waals surface area contributed by atoms with Gasteiger partial charge in [-0.25, -0.2) is 22.5 Å². The third kappa shape index (κ3) is 2.97. The number of nitrogens with one attached hydrogen (secondary N) is 1. The van der Waals surface area contributed by atoms with Gasteiger partial charge in [-0.05, 0) is 13.0 Å². The molecule has 2 rings (SSSR count). The first kappa shape index (κ1) is 15.2. The number of amides is 1. The van der Waals surface area contributed by atoms with Gasteiger partial charge in [0.15, 0.2) is 28.4 Å². The van der Waals surface area contributed by atoms with E-state index in [0.29, 0.717) is 11.8 Å². The predicted molar refractivity (Wildman–Crippen MR) is 68.7 cm³/mol. The lowest BCUT2D eigenvalue weighted by Gasteiger charge is -2.07. The van der Waals surface area contributed by atoms with Gasteiger partial charge in [0.2, 0.25) is 0 Å². The molecule has 0 aliphatic rings. The second-order valence-corrected chi connectivity index (χ2v) is 5.14. The molecule has 1 heterocycles. The van der Waals surface area contributed by atoms with E-state index in [0.717, 1.165) is 11.3 Å². The average molecular weight is 319 g/mol. The molecule has 0 unspecified atom stereocenters. The van der Waals surface area contributed by atoms with Crippen LogP contribution in [0.4, 0.5) is 22.7 Å². The molecule has 0 saturated heterocycles. The zero-order valence-corrected chi connectivity index (χ0v) is 11.5. The Morgan fingerprint density at radius 3 is 2.52 bits per heavy atom. The number of nitrogens with zero attached hydrogens (tertiary/aromatic N) is 1. The Morgan fingerprint density at radius 2 is 1.95 bits per heavy atom. The van der Waals surface area contributed by atoms with Crippen LogP contribution in [0.15, 0.2) is 6.07 Å². The Bertz CT molecular complexity index is 717. The third-order valence-electron chi connectivity index (χ3n) is 2.64. The molecule has 0 aliphatic carbocycles. The minimum Gasteiger partial charge on any atom is -0.375 e. The normalized spacial score (nSPS) is 10.7. The summed E-state index contributed by atoms with van der Waals surface area (Å²) in [7, 11) is 0. The number of thiazole rings is 1. The average Bonchev–Trinajstić information content (AvgIpc) is 2.77. The lowest BCUT2D eigenvalue weighted by Crippen LogP contribution is -2.23. The second kappa shape index (κ2) is 5.68. The molecule has 0 saturated carbocycles. The van der Waals surface area contributed by atoms with Crippen molar-refractivity contribution in [2.45, 2.75) is 13.5 Å². The lowest BCUT2D eigenvalue weighted by molar-refractivity contribution is 0.0953. The second-order valence-electron chi connectivity index (χ2n) is 4.11. The minimum atomic E-state index is -1.92. The molecular formula is C12H9F4N3OS. The molecular weight excluding hydrogens is 310 g/mol. The number of rotatable bonds is 3. The smallest absolute Gasteiger partial charge is 0.263 e. The quantitative estimate of drug-likeness (QED) is 0.519. The van der Waals surface area contributed by atoms with E-state index in [1.54, 1.807) is 6.92 Å². The van der Waals surface area contributed by atoms with E-state index in [-0.39, 0.29) is 10.0 Å². The molecule has 1 amide bonds. The lowest BCUT2D eigenvalue weighted by atomic mass is 10.2. The number of carbonyl (C=O) groups excluding carboxylic acids is 1. The van der Waals surface area contributed by atoms with E-state index < -0.39 is 41.3 Å². The Balaban J connectivity index is 2.17. The van der Waals surface area contributed by atoms with Crippen LogP contribution >= 0.6 is 11.3 Å². The van der Waals surface area contributed by atoms with Crippen molar-refractivity contribution >= 4 is 22.4 Å². The van der Waals surface area contributed by atoms with Gasteiger partial charge in [0.25, 0.3) is 5.91 Å². The highest BCUT2D eigenvalue weighted by atomic mass is 32.1. The van der Waals surface area contributed by atoms with Crippen molar-refractivity contribution in [2.24, 2.45) is 0 Å². The van der Waals surface area contributed by atoms with Gasteiger partial charge in [-0.15, -0.1) is 0 Å². The highest BCUT2D eigenvalue weighted by Gasteiger charge is 2.20. The molecule has 0 bridgehead atoms. The minimum absolute atomic E-state index is 0.183. The Morgan fingerprint density at radius 1 is 1.29 bits per heavy atom. The number of hydrogen-bond donors (Lipinski definition) is 2. The summed E-state index contributed by atoms with van der Waals surface area (Å²) in [5, 5.41) is 2.45. The van der Waals surface area contributed by atoms with Gasteiger partial charge < -0.3 is 11.1 Å². The highest BCUT2D eigenvalue weighted by Crippen LogP contribution is 2.21. The number of anilines is 1. The molecule has 0 fully saturated rings. The first-order chi connectivity index (χ1) is 9.81. The molecule has 0 spiro atoms. The van der Waals surface area contributed by atoms with Crippen molar-refractivity contribution in [3.05, 3.63) is 45.5 Å². The number of benzene rings is 1. The molecule has 1 aromatic heterocycles. The SMILES string of the molecule is Cc1nc(N)sc1C(=O)NCc1cc(F)c(F)c(F)c1F. The summed E-state index contributed by atoms with van der Waals surface area (Å²) >= 11 is 0.923. The maximum absolute atomic E-state index is 13.4. The van der Waals surface area contributed by atoms with Gasteiger partial charge in [-0.3, -0.25) is 4.79 Å². The van der Waals surface area contributed by atoms with Crippen LogP contribution in [0.2, 0.25) is 0 Å². The summed E-state index contributed by atoms with van der Waals surface area (Å²) in [6, 6.07) is 0.488. The van der Waals surface area contributed by atoms with Crippen LogP contribution in [0.5, 0.6) is 0 Å². The van der Waals surface area contributed by atoms with E-state index in [9.17, 15) is 22.4 Å². The van der Waals surface area contributed by atoms with Crippen LogP contribution in [0.3, 0.4) is 0 Å². The van der Waals surface area contributed by atoms with Crippen molar-refractivity contribution in [3.8, 4) is 0 Å². The van der Waals surface area contributed by atoms with E-state index >= 15 is 0 Å². The summed E-state index contributed by atoms with van der Waals surface area (Å²) < 4.78 is 52.3. The Labute approximate surface area is 120 Å². The molecule has 0 radical (unpaired) electrons. The monoisotopic (exact) mass is 319 g/mol. The van der Waals surface area contributed by atoms with Crippen LogP contribution in [0.25, 0.3) is 0 Å². The molecule has 0 atom stereocenters. The third-order valence-corrected chi connectivity index (χ3v) is 3.62. The number of halogens is 4. The van der Waals surface area contributed by atoms with Crippen molar-refractivity contribution in [1.29, 1.82) is 0 Å². The number of nitrogen functional groups attached to an aromatic ring is 1.